The maximum absolute atomic E-state index is 12.4. The van der Waals surface area contributed by atoms with E-state index >= 15 is 0 Å². The van der Waals surface area contributed by atoms with Crippen LogP contribution in [0.2, 0.25) is 0 Å². The van der Waals surface area contributed by atoms with E-state index in [0.717, 1.165) is 20.3 Å². The van der Waals surface area contributed by atoms with Crippen LogP contribution in [-0.4, -0.2) is 47.1 Å². The van der Waals surface area contributed by atoms with Gasteiger partial charge in [-0.25, -0.2) is 9.97 Å². The highest BCUT2D eigenvalue weighted by atomic mass is 79.9. The second kappa shape index (κ2) is 14.6. The molecule has 0 bridgehead atoms. The number of nitrogens with zero attached hydrogens (tertiary/aromatic N) is 9. The third-order valence-electron chi connectivity index (χ3n) is 6.45. The molecule has 7 rings (SSSR count). The fourth-order valence-electron chi connectivity index (χ4n) is 4.28. The van der Waals surface area contributed by atoms with Crippen molar-refractivity contribution in [2.45, 2.75) is 6.54 Å². The third kappa shape index (κ3) is 7.55. The van der Waals surface area contributed by atoms with Crippen LogP contribution in [0.25, 0.3) is 20.4 Å². The lowest BCUT2D eigenvalue weighted by Crippen LogP contribution is -2.21. The summed E-state index contributed by atoms with van der Waals surface area (Å²) in [6, 6.07) is 22.3. The normalized spacial score (nSPS) is 10.7. The molecule has 1 N–H and O–H groups in total. The van der Waals surface area contributed by atoms with Crippen LogP contribution in [0.5, 0.6) is 0 Å². The molecule has 0 amide bonds. The van der Waals surface area contributed by atoms with Crippen LogP contribution in [0, 0.1) is 12.3 Å². The highest BCUT2D eigenvalue weighted by molar-refractivity contribution is 9.10. The predicted molar refractivity (Wildman–Crippen MR) is 192 cm³/mol. The summed E-state index contributed by atoms with van der Waals surface area (Å²) in [6.07, 6.45) is 8.78. The molecule has 0 atom stereocenters. The monoisotopic (exact) mass is 786 g/mol. The molecule has 0 saturated carbocycles. The Kier molecular flexibility index (Phi) is 9.97. The van der Waals surface area contributed by atoms with E-state index in [-0.39, 0.29) is 11.1 Å². The van der Waals surface area contributed by atoms with Gasteiger partial charge in [0.05, 0.1) is 23.9 Å². The van der Waals surface area contributed by atoms with Crippen LogP contribution >= 0.6 is 54.5 Å². The summed E-state index contributed by atoms with van der Waals surface area (Å²) in [7, 11) is 0. The Morgan fingerprint density at radius 2 is 1.26 bits per heavy atom. The van der Waals surface area contributed by atoms with Gasteiger partial charge in [0.1, 0.15) is 9.66 Å². The Morgan fingerprint density at radius 1 is 0.745 bits per heavy atom. The van der Waals surface area contributed by atoms with Crippen molar-refractivity contribution in [2.24, 2.45) is 0 Å². The average Bonchev–Trinajstić information content (AvgIpc) is 3.61. The summed E-state index contributed by atoms with van der Waals surface area (Å²) in [6.45, 7) is 0.641. The highest BCUT2D eigenvalue weighted by Gasteiger charge is 2.18. The lowest BCUT2D eigenvalue weighted by Gasteiger charge is -2.21. The third-order valence-corrected chi connectivity index (χ3v) is 9.53. The Labute approximate surface area is 291 Å². The summed E-state index contributed by atoms with van der Waals surface area (Å²) < 4.78 is 1.93. The van der Waals surface area contributed by atoms with Crippen molar-refractivity contribution in [3.63, 3.8) is 0 Å². The minimum absolute atomic E-state index is 0.295. The SMILES string of the molecule is C#CCN(c1ccc(Br)cc1)c1nc(=O)c2cccnc2s1.O=c1nc(N(Cc2nn[nH]n2)c2ccc(Br)cc2)sc2ncccc12. The van der Waals surface area contributed by atoms with Crippen molar-refractivity contribution < 1.29 is 0 Å². The molecule has 7 aromatic rings. The molecular weight excluding hydrogens is 768 g/mol. The molecule has 47 heavy (non-hydrogen) atoms. The quantitative estimate of drug-likeness (QED) is 0.183. The van der Waals surface area contributed by atoms with E-state index in [2.05, 4.69) is 78.3 Å². The average molecular weight is 789 g/mol. The summed E-state index contributed by atoms with van der Waals surface area (Å²) in [5.41, 5.74) is 1.12. The molecule has 5 heterocycles. The van der Waals surface area contributed by atoms with E-state index in [0.29, 0.717) is 49.6 Å². The molecule has 2 aromatic carbocycles. The first-order valence-electron chi connectivity index (χ1n) is 13.6. The van der Waals surface area contributed by atoms with Crippen LogP contribution < -0.4 is 20.9 Å². The molecule has 0 spiro atoms. The molecule has 0 aliphatic carbocycles. The molecular formula is C31H20Br2N10O2S2. The molecule has 0 aliphatic rings. The molecule has 0 unspecified atom stereocenters. The number of hydrogen-bond donors (Lipinski definition) is 1. The van der Waals surface area contributed by atoms with Gasteiger partial charge in [0.2, 0.25) is 0 Å². The maximum atomic E-state index is 12.4. The second-order valence-electron chi connectivity index (χ2n) is 9.47. The Morgan fingerprint density at radius 3 is 1.74 bits per heavy atom. The van der Waals surface area contributed by atoms with Gasteiger partial charge in [-0.3, -0.25) is 9.59 Å². The first kappa shape index (κ1) is 32.0. The van der Waals surface area contributed by atoms with Crippen molar-refractivity contribution in [1.29, 1.82) is 0 Å². The van der Waals surface area contributed by atoms with Gasteiger partial charge in [0.25, 0.3) is 11.1 Å². The van der Waals surface area contributed by atoms with Crippen molar-refractivity contribution >= 4 is 96.6 Å². The van der Waals surface area contributed by atoms with Gasteiger partial charge in [-0.2, -0.15) is 15.2 Å². The standard InChI is InChI=1S/C16H10BrN3OS.C15H10BrN7OS/c1-2-10-20(12-7-5-11(17)6-8-12)16-19-14(21)13-4-3-9-18-15(13)22-16;16-9-3-5-10(6-4-9)23(8-12-19-21-22-20-12)15-18-13(24)11-2-1-7-17-14(11)25-15/h1,3-9H,10H2;1-7H,8H2,(H,19,20,21,22). The number of benzene rings is 2. The predicted octanol–water partition coefficient (Wildman–Crippen LogP) is 6.25. The van der Waals surface area contributed by atoms with Gasteiger partial charge in [-0.1, -0.05) is 65.7 Å². The van der Waals surface area contributed by atoms with E-state index in [1.165, 1.54) is 22.7 Å². The van der Waals surface area contributed by atoms with Gasteiger partial charge in [0, 0.05) is 32.7 Å². The van der Waals surface area contributed by atoms with Crippen LogP contribution in [0.4, 0.5) is 21.6 Å². The van der Waals surface area contributed by atoms with Gasteiger partial charge in [-0.05, 0) is 72.8 Å². The van der Waals surface area contributed by atoms with Crippen molar-refractivity contribution in [3.8, 4) is 12.3 Å². The summed E-state index contributed by atoms with van der Waals surface area (Å²) in [5, 5.41) is 16.1. The van der Waals surface area contributed by atoms with Crippen molar-refractivity contribution in [1.82, 2.24) is 40.6 Å². The second-order valence-corrected chi connectivity index (χ2v) is 13.2. The minimum atomic E-state index is -0.313. The molecule has 0 aliphatic heterocycles. The molecule has 232 valence electrons. The smallest absolute Gasteiger partial charge is 0.282 e. The minimum Gasteiger partial charge on any atom is -0.310 e. The number of tetrazole rings is 1. The van der Waals surface area contributed by atoms with Gasteiger partial charge in [-0.15, -0.1) is 16.6 Å². The molecule has 12 nitrogen and oxygen atoms in total. The Balaban J connectivity index is 0.000000166. The lowest BCUT2D eigenvalue weighted by molar-refractivity contribution is 0.868. The number of aromatic nitrogens is 8. The van der Waals surface area contributed by atoms with Gasteiger partial charge in [0.15, 0.2) is 16.1 Å². The number of H-pyrrole nitrogens is 1. The molecule has 16 heteroatoms. The lowest BCUT2D eigenvalue weighted by atomic mass is 10.3. The largest absolute Gasteiger partial charge is 0.310 e. The number of terminal acetylenes is 1. The van der Waals surface area contributed by atoms with Crippen molar-refractivity contribution in [2.75, 3.05) is 16.3 Å². The zero-order chi connectivity index (χ0) is 32.8. The van der Waals surface area contributed by atoms with E-state index in [1.54, 1.807) is 36.7 Å². The van der Waals surface area contributed by atoms with Crippen molar-refractivity contribution in [3.05, 3.63) is 121 Å². The number of hydrogen-bond acceptors (Lipinski definition) is 13. The molecule has 0 fully saturated rings. The molecule has 0 saturated heterocycles. The highest BCUT2D eigenvalue weighted by Crippen LogP contribution is 2.32. The van der Waals surface area contributed by atoms with Crippen LogP contribution in [0.3, 0.4) is 0 Å². The summed E-state index contributed by atoms with van der Waals surface area (Å²) in [5.74, 6) is 3.10. The Bertz CT molecular complexity index is 2310. The molecule has 5 aromatic heterocycles. The zero-order valence-corrected chi connectivity index (χ0v) is 28.8. The topological polar surface area (TPSA) is 147 Å². The number of aromatic amines is 1. The van der Waals surface area contributed by atoms with Crippen LogP contribution in [0.15, 0.2) is 104 Å². The number of anilines is 4. The zero-order valence-electron chi connectivity index (χ0n) is 24.0. The number of halogens is 2. The van der Waals surface area contributed by atoms with Crippen LogP contribution in [0.1, 0.15) is 5.82 Å². The maximum Gasteiger partial charge on any atom is 0.282 e. The Hall–Kier alpha value is -4.95. The fourth-order valence-corrected chi connectivity index (χ4v) is 6.73. The number of pyridine rings is 2. The first-order chi connectivity index (χ1) is 22.9. The summed E-state index contributed by atoms with van der Waals surface area (Å²) in [4.78, 5) is 46.4. The first-order valence-corrected chi connectivity index (χ1v) is 16.9. The van der Waals surface area contributed by atoms with Crippen LogP contribution in [-0.2, 0) is 6.54 Å². The number of nitrogens with one attached hydrogen (secondary N) is 1. The van der Waals surface area contributed by atoms with Gasteiger partial charge < -0.3 is 9.80 Å². The van der Waals surface area contributed by atoms with E-state index in [1.807, 2.05) is 58.3 Å². The number of fused-ring (bicyclic) bond motifs is 2. The van der Waals surface area contributed by atoms with E-state index in [9.17, 15) is 9.59 Å². The van der Waals surface area contributed by atoms with Gasteiger partial charge >= 0.3 is 0 Å². The fraction of sp³-hybridized carbons (Fsp3) is 0.0645. The van der Waals surface area contributed by atoms with E-state index in [4.69, 9.17) is 6.42 Å². The molecule has 0 radical (unpaired) electrons. The summed E-state index contributed by atoms with van der Waals surface area (Å²) >= 11 is 9.51. The van der Waals surface area contributed by atoms with E-state index < -0.39 is 0 Å². The number of rotatable bonds is 7.